The molecule has 1 aliphatic carbocycles. The van der Waals surface area contributed by atoms with E-state index in [4.69, 9.17) is 4.74 Å². The maximum absolute atomic E-state index is 12.6. The van der Waals surface area contributed by atoms with Gasteiger partial charge in [0.15, 0.2) is 5.78 Å². The van der Waals surface area contributed by atoms with Crippen LogP contribution in [0.25, 0.3) is 0 Å². The van der Waals surface area contributed by atoms with Gasteiger partial charge < -0.3 is 4.74 Å². The Hall–Kier alpha value is -2.63. The maximum Gasteiger partial charge on any atom is 0.204 e. The molecule has 0 N–H and O–H groups in total. The topological polar surface area (TPSA) is 56.3 Å². The molecular formula is C19H13NO3S. The van der Waals surface area contributed by atoms with E-state index in [9.17, 15) is 9.59 Å². The van der Waals surface area contributed by atoms with Gasteiger partial charge >= 0.3 is 0 Å². The summed E-state index contributed by atoms with van der Waals surface area (Å²) in [5.41, 5.74) is 2.36. The fraction of sp³-hybridized carbons (Fsp3) is 0.105. The van der Waals surface area contributed by atoms with E-state index in [1.54, 1.807) is 12.1 Å². The molecule has 0 radical (unpaired) electrons. The first-order valence-electron chi connectivity index (χ1n) is 7.52. The van der Waals surface area contributed by atoms with Crippen molar-refractivity contribution in [3.63, 3.8) is 0 Å². The van der Waals surface area contributed by atoms with Gasteiger partial charge in [-0.1, -0.05) is 30.3 Å². The van der Waals surface area contributed by atoms with Gasteiger partial charge in [-0.25, -0.2) is 0 Å². The minimum absolute atomic E-state index is 0.110. The first-order valence-corrected chi connectivity index (χ1v) is 8.33. The van der Waals surface area contributed by atoms with Crippen molar-refractivity contribution in [2.45, 2.75) is 13.2 Å². The van der Waals surface area contributed by atoms with Gasteiger partial charge in [-0.3, -0.25) is 14.6 Å². The molecule has 2 heterocycles. The van der Waals surface area contributed by atoms with Gasteiger partial charge in [-0.15, -0.1) is 11.3 Å². The molecule has 3 aromatic rings. The van der Waals surface area contributed by atoms with Gasteiger partial charge in [-0.05, 0) is 17.7 Å². The highest BCUT2D eigenvalue weighted by Crippen LogP contribution is 2.33. The molecule has 0 spiro atoms. The summed E-state index contributed by atoms with van der Waals surface area (Å²) in [5, 5.41) is 0. The van der Waals surface area contributed by atoms with Crippen molar-refractivity contribution in [1.82, 2.24) is 4.98 Å². The second-order valence-corrected chi connectivity index (χ2v) is 6.65. The number of carbonyl (C=O) groups is 2. The number of fused-ring (bicyclic) bond motifs is 2. The van der Waals surface area contributed by atoms with Crippen LogP contribution in [0.1, 0.15) is 41.6 Å². The van der Waals surface area contributed by atoms with E-state index >= 15 is 0 Å². The van der Waals surface area contributed by atoms with Crippen molar-refractivity contribution < 1.29 is 14.3 Å². The summed E-state index contributed by atoms with van der Waals surface area (Å²) in [5.74, 6) is -0.250. The molecule has 0 atom stereocenters. The number of pyridine rings is 1. The van der Waals surface area contributed by atoms with Crippen LogP contribution in [0.2, 0.25) is 0 Å². The van der Waals surface area contributed by atoms with E-state index in [1.165, 1.54) is 23.7 Å². The number of hydrogen-bond acceptors (Lipinski definition) is 5. The lowest BCUT2D eigenvalue weighted by Crippen LogP contribution is -2.18. The number of nitrogens with zero attached hydrogens (tertiary/aromatic N) is 1. The average molecular weight is 335 g/mol. The van der Waals surface area contributed by atoms with Crippen LogP contribution in [-0.4, -0.2) is 16.6 Å². The quantitative estimate of drug-likeness (QED) is 0.571. The monoisotopic (exact) mass is 335 g/mol. The SMILES string of the molecule is O=C1c2cnccc2C(=O)c2sc(COCc3ccccc3)cc21. The zero-order valence-corrected chi connectivity index (χ0v) is 13.5. The van der Waals surface area contributed by atoms with Gasteiger partial charge in [0.1, 0.15) is 0 Å². The van der Waals surface area contributed by atoms with Crippen LogP contribution in [0.15, 0.2) is 54.9 Å². The molecule has 0 unspecified atom stereocenters. The molecule has 118 valence electrons. The highest BCUT2D eigenvalue weighted by Gasteiger charge is 2.31. The van der Waals surface area contributed by atoms with E-state index in [-0.39, 0.29) is 11.6 Å². The number of hydrogen-bond donors (Lipinski definition) is 0. The van der Waals surface area contributed by atoms with Crippen LogP contribution < -0.4 is 0 Å². The smallest absolute Gasteiger partial charge is 0.204 e. The number of rotatable bonds is 4. The van der Waals surface area contributed by atoms with Crippen LogP contribution >= 0.6 is 11.3 Å². The second-order valence-electron chi connectivity index (χ2n) is 5.51. The van der Waals surface area contributed by atoms with Crippen LogP contribution in [-0.2, 0) is 18.0 Å². The molecule has 0 fully saturated rings. The van der Waals surface area contributed by atoms with E-state index in [0.29, 0.717) is 34.8 Å². The number of carbonyl (C=O) groups excluding carboxylic acids is 2. The Morgan fingerprint density at radius 3 is 2.58 bits per heavy atom. The van der Waals surface area contributed by atoms with Crippen LogP contribution in [0.5, 0.6) is 0 Å². The van der Waals surface area contributed by atoms with Gasteiger partial charge in [0.25, 0.3) is 0 Å². The fourth-order valence-electron chi connectivity index (χ4n) is 2.74. The summed E-state index contributed by atoms with van der Waals surface area (Å²) in [4.78, 5) is 30.4. The molecule has 0 aliphatic heterocycles. The average Bonchev–Trinajstić information content (AvgIpc) is 3.05. The first kappa shape index (κ1) is 14.9. The Balaban J connectivity index is 1.54. The molecule has 24 heavy (non-hydrogen) atoms. The lowest BCUT2D eigenvalue weighted by Gasteiger charge is -2.12. The van der Waals surface area contributed by atoms with Gasteiger partial charge in [0.05, 0.1) is 23.7 Å². The third-order valence-corrected chi connectivity index (χ3v) is 5.01. The summed E-state index contributed by atoms with van der Waals surface area (Å²) in [7, 11) is 0. The van der Waals surface area contributed by atoms with Crippen molar-refractivity contribution >= 4 is 22.9 Å². The Morgan fingerprint density at radius 1 is 0.917 bits per heavy atom. The number of thiophene rings is 1. The van der Waals surface area contributed by atoms with E-state index in [2.05, 4.69) is 4.98 Å². The predicted molar refractivity (Wildman–Crippen MR) is 90.4 cm³/mol. The summed E-state index contributed by atoms with van der Waals surface area (Å²) >= 11 is 1.33. The molecule has 0 saturated carbocycles. The number of ketones is 2. The largest absolute Gasteiger partial charge is 0.371 e. The molecule has 5 heteroatoms. The molecule has 4 rings (SSSR count). The van der Waals surface area contributed by atoms with Crippen molar-refractivity contribution in [1.29, 1.82) is 0 Å². The number of aromatic nitrogens is 1. The van der Waals surface area contributed by atoms with E-state index in [1.807, 2.05) is 30.3 Å². The highest BCUT2D eigenvalue weighted by atomic mass is 32.1. The molecule has 4 nitrogen and oxygen atoms in total. The second kappa shape index (κ2) is 6.11. The molecule has 1 aromatic carbocycles. The number of benzene rings is 1. The fourth-order valence-corrected chi connectivity index (χ4v) is 3.78. The predicted octanol–water partition coefficient (Wildman–Crippen LogP) is 3.64. The summed E-state index contributed by atoms with van der Waals surface area (Å²) in [6.45, 7) is 0.872. The Kier molecular flexibility index (Phi) is 3.80. The van der Waals surface area contributed by atoms with E-state index in [0.717, 1.165) is 10.4 Å². The summed E-state index contributed by atoms with van der Waals surface area (Å²) in [6.07, 6.45) is 2.99. The normalized spacial score (nSPS) is 12.8. The minimum atomic E-state index is -0.141. The maximum atomic E-state index is 12.6. The molecule has 0 amide bonds. The molecule has 0 saturated heterocycles. The molecular weight excluding hydrogens is 322 g/mol. The Bertz CT molecular complexity index is 878. The molecule has 2 aromatic heterocycles. The lowest BCUT2D eigenvalue weighted by atomic mass is 9.90. The zero-order valence-electron chi connectivity index (χ0n) is 12.7. The van der Waals surface area contributed by atoms with Crippen LogP contribution in [0.3, 0.4) is 0 Å². The van der Waals surface area contributed by atoms with Crippen molar-refractivity contribution in [2.75, 3.05) is 0 Å². The summed E-state index contributed by atoms with van der Waals surface area (Å²) < 4.78 is 5.71. The Labute approximate surface area is 142 Å². The van der Waals surface area contributed by atoms with Crippen LogP contribution in [0, 0.1) is 0 Å². The number of ether oxygens (including phenoxy) is 1. The van der Waals surface area contributed by atoms with Gasteiger partial charge in [0.2, 0.25) is 5.78 Å². The minimum Gasteiger partial charge on any atom is -0.371 e. The van der Waals surface area contributed by atoms with Crippen molar-refractivity contribution in [3.8, 4) is 0 Å². The third kappa shape index (κ3) is 2.58. The Morgan fingerprint density at radius 2 is 1.75 bits per heavy atom. The summed E-state index contributed by atoms with van der Waals surface area (Å²) in [6, 6.07) is 13.2. The van der Waals surface area contributed by atoms with Crippen molar-refractivity contribution in [3.05, 3.63) is 86.9 Å². The molecule has 0 bridgehead atoms. The lowest BCUT2D eigenvalue weighted by molar-refractivity contribution is 0.0981. The van der Waals surface area contributed by atoms with Gasteiger partial charge in [0, 0.05) is 28.4 Å². The van der Waals surface area contributed by atoms with Gasteiger partial charge in [-0.2, -0.15) is 0 Å². The third-order valence-electron chi connectivity index (χ3n) is 3.90. The zero-order chi connectivity index (χ0) is 16.5. The van der Waals surface area contributed by atoms with Crippen molar-refractivity contribution in [2.24, 2.45) is 0 Å². The van der Waals surface area contributed by atoms with Crippen LogP contribution in [0.4, 0.5) is 0 Å². The molecule has 1 aliphatic rings. The highest BCUT2D eigenvalue weighted by molar-refractivity contribution is 7.14. The standard InChI is InChI=1S/C19H13NO3S/c21-17-15-8-13(11-23-10-12-4-2-1-3-5-12)24-19(15)18(22)14-6-7-20-9-16(14)17/h1-9H,10-11H2. The van der Waals surface area contributed by atoms with E-state index < -0.39 is 0 Å². The first-order chi connectivity index (χ1) is 11.7.